The van der Waals surface area contributed by atoms with Gasteiger partial charge in [-0.2, -0.15) is 0 Å². The van der Waals surface area contributed by atoms with Gasteiger partial charge in [-0.3, -0.25) is 4.79 Å². The number of pyridine rings is 1. The van der Waals surface area contributed by atoms with Crippen molar-refractivity contribution in [3.05, 3.63) is 87.9 Å². The lowest BCUT2D eigenvalue weighted by atomic mass is 9.84. The molecule has 0 fully saturated rings. The molecule has 39 heavy (non-hydrogen) atoms. The van der Waals surface area contributed by atoms with Crippen molar-refractivity contribution in [1.82, 2.24) is 4.57 Å². The van der Waals surface area contributed by atoms with E-state index in [0.29, 0.717) is 33.3 Å². The molecule has 7 nitrogen and oxygen atoms in total. The van der Waals surface area contributed by atoms with Crippen LogP contribution in [0.1, 0.15) is 38.1 Å². The molecule has 4 rings (SSSR count). The van der Waals surface area contributed by atoms with Crippen molar-refractivity contribution < 1.29 is 22.3 Å². The van der Waals surface area contributed by atoms with Gasteiger partial charge in [0.1, 0.15) is 11.5 Å². The summed E-state index contributed by atoms with van der Waals surface area (Å²) >= 11 is 0. The minimum absolute atomic E-state index is 0.0483. The summed E-state index contributed by atoms with van der Waals surface area (Å²) < 4.78 is 45.8. The van der Waals surface area contributed by atoms with Crippen LogP contribution in [0.25, 0.3) is 21.8 Å². The van der Waals surface area contributed by atoms with Gasteiger partial charge in [0, 0.05) is 27.3 Å². The molecule has 0 N–H and O–H groups in total. The van der Waals surface area contributed by atoms with Crippen LogP contribution in [-0.4, -0.2) is 36.2 Å². The van der Waals surface area contributed by atoms with E-state index in [9.17, 15) is 13.2 Å². The zero-order chi connectivity index (χ0) is 28.7. The third kappa shape index (κ3) is 5.26. The summed E-state index contributed by atoms with van der Waals surface area (Å²) in [6.07, 6.45) is -0.692. The lowest BCUT2D eigenvalue weighted by Gasteiger charge is -2.30. The van der Waals surface area contributed by atoms with E-state index in [2.05, 4.69) is 40.4 Å². The number of sulfone groups is 1. The highest BCUT2D eigenvalue weighted by Crippen LogP contribution is 2.42. The van der Waals surface area contributed by atoms with E-state index < -0.39 is 25.1 Å². The Bertz CT molecular complexity index is 1710. The maximum Gasteiger partial charge on any atom is 0.199 e. The number of nitrogens with zero attached hydrogens (tertiary/aromatic N) is 1. The molecule has 0 aliphatic rings. The van der Waals surface area contributed by atoms with Gasteiger partial charge in [-0.1, -0.05) is 39.5 Å². The topological polar surface area (TPSA) is 83.8 Å². The molecule has 1 heterocycles. The van der Waals surface area contributed by atoms with Gasteiger partial charge in [0.15, 0.2) is 30.5 Å². The summed E-state index contributed by atoms with van der Waals surface area (Å²) in [5.41, 5.74) is 2.30. The molecule has 1 unspecified atom stereocenters. The van der Waals surface area contributed by atoms with E-state index in [1.54, 1.807) is 26.4 Å². The Morgan fingerprint density at radius 2 is 1.51 bits per heavy atom. The smallest absolute Gasteiger partial charge is 0.199 e. The minimum Gasteiger partial charge on any atom is -0.496 e. The molecule has 0 aliphatic carbocycles. The second kappa shape index (κ2) is 10.6. The summed E-state index contributed by atoms with van der Waals surface area (Å²) in [6, 6.07) is 15.7. The van der Waals surface area contributed by atoms with Crippen molar-refractivity contribution in [2.45, 2.75) is 50.4 Å². The molecule has 0 bridgehead atoms. The molecule has 0 amide bonds. The molecule has 1 aromatic heterocycles. The fourth-order valence-corrected chi connectivity index (χ4v) is 6.46. The van der Waals surface area contributed by atoms with Crippen molar-refractivity contribution in [3.63, 3.8) is 0 Å². The predicted octanol–water partition coefficient (Wildman–Crippen LogP) is 5.93. The third-order valence-electron chi connectivity index (χ3n) is 6.63. The van der Waals surface area contributed by atoms with E-state index in [1.165, 1.54) is 12.1 Å². The Morgan fingerprint density at radius 1 is 0.923 bits per heavy atom. The summed E-state index contributed by atoms with van der Waals surface area (Å²) in [4.78, 5) is 13.6. The van der Waals surface area contributed by atoms with Crippen molar-refractivity contribution in [3.8, 4) is 11.5 Å². The quantitative estimate of drug-likeness (QED) is 0.194. The van der Waals surface area contributed by atoms with Gasteiger partial charge >= 0.3 is 0 Å². The van der Waals surface area contributed by atoms with E-state index >= 15 is 0 Å². The van der Waals surface area contributed by atoms with Gasteiger partial charge in [-0.25, -0.2) is 8.42 Å². The summed E-state index contributed by atoms with van der Waals surface area (Å²) in [5.74, 6) is 1.31. The lowest BCUT2D eigenvalue weighted by molar-refractivity contribution is 0.184. The average molecular weight is 566 g/mol. The number of methoxy groups -OCH3 is 2. The summed E-state index contributed by atoms with van der Waals surface area (Å²) in [5, 5.41) is 1.81. The number of ether oxygens (including phenoxy) is 2. The van der Waals surface area contributed by atoms with Crippen LogP contribution < -0.4 is 14.9 Å². The van der Waals surface area contributed by atoms with Gasteiger partial charge in [0.25, 0.3) is 0 Å². The van der Waals surface area contributed by atoms with E-state index in [4.69, 9.17) is 13.9 Å². The van der Waals surface area contributed by atoms with Crippen LogP contribution in [0.5, 0.6) is 11.5 Å². The molecule has 206 valence electrons. The van der Waals surface area contributed by atoms with Crippen LogP contribution in [0.15, 0.2) is 76.3 Å². The lowest BCUT2D eigenvalue weighted by Crippen LogP contribution is -2.24. The van der Waals surface area contributed by atoms with Crippen molar-refractivity contribution in [2.75, 3.05) is 14.2 Å². The molecule has 9 heteroatoms. The monoisotopic (exact) mass is 565 g/mol. The maximum absolute atomic E-state index is 13.6. The fraction of sp³-hybridized carbons (Fsp3) is 0.300. The zero-order valence-electron chi connectivity index (χ0n) is 23.4. The molecule has 0 aliphatic heterocycles. The largest absolute Gasteiger partial charge is 0.496 e. The second-order valence-electron chi connectivity index (χ2n) is 10.7. The summed E-state index contributed by atoms with van der Waals surface area (Å²) in [6.45, 7) is 13.9. The number of hydrogen-bond donors (Lipinski definition) is 0. The van der Waals surface area contributed by atoms with Crippen LogP contribution in [0.4, 0.5) is 0 Å². The highest BCUT2D eigenvalue weighted by Gasteiger charge is 2.29. The minimum atomic E-state index is -3.75. The van der Waals surface area contributed by atoms with Crippen molar-refractivity contribution >= 4 is 40.7 Å². The van der Waals surface area contributed by atoms with Crippen LogP contribution in [0.2, 0.25) is 13.1 Å². The number of fused-ring (bicyclic) bond motifs is 2. The molecule has 0 spiro atoms. The van der Waals surface area contributed by atoms with Crippen LogP contribution in [0.3, 0.4) is 0 Å². The van der Waals surface area contributed by atoms with Gasteiger partial charge in [-0.15, -0.1) is 0 Å². The standard InChI is InChI=1S/C30H35NO6SSi/c1-9-38(33,34)20-14-15-22-24(18-20)31(23-13-11-10-12-21(23)28(22)32)29(37-39(7)8)19-16-25(35-5)27(30(2,3)4)26(17-19)36-6/h9-18,29,39H,1H2,2-8H3. The fourth-order valence-electron chi connectivity index (χ4n) is 4.94. The molecule has 3 aromatic carbocycles. The van der Waals surface area contributed by atoms with E-state index in [-0.39, 0.29) is 15.7 Å². The van der Waals surface area contributed by atoms with Crippen LogP contribution in [-0.2, 0) is 19.7 Å². The number of benzene rings is 3. The number of aromatic nitrogens is 1. The van der Waals surface area contributed by atoms with Crippen molar-refractivity contribution in [1.29, 1.82) is 0 Å². The molecule has 0 saturated carbocycles. The van der Waals surface area contributed by atoms with Gasteiger partial charge < -0.3 is 18.5 Å². The third-order valence-corrected chi connectivity index (χ3v) is 8.78. The first-order valence-corrected chi connectivity index (χ1v) is 17.0. The predicted molar refractivity (Wildman–Crippen MR) is 159 cm³/mol. The molecule has 1 atom stereocenters. The Kier molecular flexibility index (Phi) is 7.80. The highest BCUT2D eigenvalue weighted by molar-refractivity contribution is 7.94. The average Bonchev–Trinajstić information content (AvgIpc) is 2.90. The summed E-state index contributed by atoms with van der Waals surface area (Å²) in [7, 11) is -2.21. The second-order valence-corrected chi connectivity index (χ2v) is 15.0. The Hall–Kier alpha value is -3.40. The van der Waals surface area contributed by atoms with Crippen molar-refractivity contribution in [2.24, 2.45) is 0 Å². The Morgan fingerprint density at radius 3 is 2.05 bits per heavy atom. The SMILES string of the molecule is C=CS(=O)(=O)c1ccc2c(=O)c3ccccc3n(C(O[SiH](C)C)c3cc(OC)c(C(C)(C)C)c(OC)c3)c2c1. The zero-order valence-corrected chi connectivity index (χ0v) is 25.4. The number of rotatable bonds is 8. The van der Waals surface area contributed by atoms with Crippen LogP contribution >= 0.6 is 0 Å². The first-order valence-electron chi connectivity index (χ1n) is 12.7. The molecular weight excluding hydrogens is 530 g/mol. The Balaban J connectivity index is 2.19. The Labute approximate surface area is 231 Å². The first-order chi connectivity index (χ1) is 18.3. The molecule has 4 aromatic rings. The first kappa shape index (κ1) is 28.6. The molecule has 0 saturated heterocycles. The highest BCUT2D eigenvalue weighted by atomic mass is 32.2. The van der Waals surface area contributed by atoms with E-state index in [0.717, 1.165) is 16.5 Å². The van der Waals surface area contributed by atoms with Gasteiger partial charge in [-0.05, 0) is 61.0 Å². The van der Waals surface area contributed by atoms with E-state index in [1.807, 2.05) is 34.9 Å². The molecular formula is C30H35NO6SSi. The van der Waals surface area contributed by atoms with Gasteiger partial charge in [0.2, 0.25) is 0 Å². The van der Waals surface area contributed by atoms with Crippen LogP contribution in [0, 0.1) is 0 Å². The molecule has 0 radical (unpaired) electrons. The van der Waals surface area contributed by atoms with Gasteiger partial charge in [0.05, 0.1) is 30.1 Å². The number of para-hydroxylation sites is 1. The number of hydrogen-bond acceptors (Lipinski definition) is 6. The normalized spacial score (nSPS) is 13.1. The maximum atomic E-state index is 13.6.